The molecule has 2 unspecified atom stereocenters. The van der Waals surface area contributed by atoms with Crippen LogP contribution in [0.2, 0.25) is 0 Å². The van der Waals surface area contributed by atoms with Crippen LogP contribution in [0.1, 0.15) is 35.6 Å². The predicted molar refractivity (Wildman–Crippen MR) is 97.2 cm³/mol. The standard InChI is InChI=1S/C21H17FN2O3/c1-25-19-8-3-7-15-17-12-16(18-9-4-10-26-18)23-24(17)21(27-20(15)19)13-5-2-6-14(22)11-13/h2-11,17,21H,12H2,1H3. The summed E-state index contributed by atoms with van der Waals surface area (Å²) in [7, 11) is 1.61. The molecule has 5 rings (SSSR count). The van der Waals surface area contributed by atoms with E-state index in [0.717, 1.165) is 17.0 Å². The van der Waals surface area contributed by atoms with Gasteiger partial charge in [0, 0.05) is 17.5 Å². The third-order valence-corrected chi connectivity index (χ3v) is 4.94. The van der Waals surface area contributed by atoms with Crippen LogP contribution in [0.15, 0.2) is 70.4 Å². The van der Waals surface area contributed by atoms with Gasteiger partial charge in [-0.2, -0.15) is 5.10 Å². The lowest BCUT2D eigenvalue weighted by Gasteiger charge is -2.38. The molecule has 27 heavy (non-hydrogen) atoms. The number of ether oxygens (including phenoxy) is 2. The van der Waals surface area contributed by atoms with E-state index in [4.69, 9.17) is 19.0 Å². The lowest BCUT2D eigenvalue weighted by molar-refractivity contribution is -0.0210. The van der Waals surface area contributed by atoms with Crippen molar-refractivity contribution in [3.05, 3.63) is 83.6 Å². The van der Waals surface area contributed by atoms with E-state index >= 15 is 0 Å². The minimum Gasteiger partial charge on any atom is -0.493 e. The maximum Gasteiger partial charge on any atom is 0.214 e. The molecule has 0 radical (unpaired) electrons. The van der Waals surface area contributed by atoms with E-state index in [9.17, 15) is 4.39 Å². The fraction of sp³-hybridized carbons (Fsp3) is 0.190. The number of nitrogens with zero attached hydrogens (tertiary/aromatic N) is 2. The first-order chi connectivity index (χ1) is 13.2. The van der Waals surface area contributed by atoms with Gasteiger partial charge in [-0.15, -0.1) is 0 Å². The summed E-state index contributed by atoms with van der Waals surface area (Å²) in [6.45, 7) is 0. The van der Waals surface area contributed by atoms with Crippen molar-refractivity contribution in [2.75, 3.05) is 7.11 Å². The van der Waals surface area contributed by atoms with Crippen LogP contribution in [0.4, 0.5) is 4.39 Å². The number of hydrogen-bond acceptors (Lipinski definition) is 5. The number of hydrazone groups is 1. The average Bonchev–Trinajstić information content (AvgIpc) is 3.36. The first-order valence-electron chi connectivity index (χ1n) is 8.73. The van der Waals surface area contributed by atoms with E-state index in [2.05, 4.69) is 0 Å². The second kappa shape index (κ2) is 6.16. The van der Waals surface area contributed by atoms with E-state index in [1.165, 1.54) is 12.1 Å². The molecule has 2 aliphatic rings. The van der Waals surface area contributed by atoms with E-state index in [1.807, 2.05) is 41.4 Å². The molecule has 2 aliphatic heterocycles. The fourth-order valence-electron chi connectivity index (χ4n) is 3.72. The summed E-state index contributed by atoms with van der Waals surface area (Å²) in [5.41, 5.74) is 2.53. The number of rotatable bonds is 3. The Morgan fingerprint density at radius 2 is 2.04 bits per heavy atom. The van der Waals surface area contributed by atoms with Gasteiger partial charge in [0.2, 0.25) is 6.23 Å². The van der Waals surface area contributed by atoms with Gasteiger partial charge in [-0.3, -0.25) is 0 Å². The van der Waals surface area contributed by atoms with Gasteiger partial charge in [-0.1, -0.05) is 24.3 Å². The van der Waals surface area contributed by atoms with Crippen LogP contribution >= 0.6 is 0 Å². The zero-order valence-electron chi connectivity index (χ0n) is 14.6. The Labute approximate surface area is 155 Å². The highest BCUT2D eigenvalue weighted by molar-refractivity contribution is 5.99. The maximum atomic E-state index is 13.9. The van der Waals surface area contributed by atoms with Crippen LogP contribution in [0, 0.1) is 5.82 Å². The Kier molecular flexibility index (Phi) is 3.63. The van der Waals surface area contributed by atoms with E-state index in [-0.39, 0.29) is 11.9 Å². The zero-order chi connectivity index (χ0) is 18.4. The van der Waals surface area contributed by atoms with Crippen molar-refractivity contribution in [1.29, 1.82) is 0 Å². The minimum atomic E-state index is -0.554. The highest BCUT2D eigenvalue weighted by Gasteiger charge is 2.42. The Hall–Kier alpha value is -3.28. The SMILES string of the molecule is COc1cccc2c1OC(c1cccc(F)c1)N1N=C(c3ccco3)CC21. The molecule has 0 spiro atoms. The number of para-hydroxylation sites is 1. The molecule has 2 aromatic carbocycles. The first-order valence-corrected chi connectivity index (χ1v) is 8.73. The van der Waals surface area contributed by atoms with Crippen molar-refractivity contribution in [2.24, 2.45) is 5.10 Å². The Bertz CT molecular complexity index is 1020. The molecule has 1 aromatic heterocycles. The van der Waals surface area contributed by atoms with Crippen molar-refractivity contribution in [1.82, 2.24) is 5.01 Å². The van der Waals surface area contributed by atoms with Gasteiger partial charge >= 0.3 is 0 Å². The van der Waals surface area contributed by atoms with Crippen LogP contribution in [-0.2, 0) is 0 Å². The lowest BCUT2D eigenvalue weighted by Crippen LogP contribution is -2.34. The van der Waals surface area contributed by atoms with Gasteiger partial charge in [-0.25, -0.2) is 9.40 Å². The molecular weight excluding hydrogens is 347 g/mol. The Morgan fingerprint density at radius 1 is 1.15 bits per heavy atom. The molecule has 0 saturated carbocycles. The summed E-state index contributed by atoms with van der Waals surface area (Å²) in [4.78, 5) is 0. The van der Waals surface area contributed by atoms with Crippen molar-refractivity contribution < 1.29 is 18.3 Å². The predicted octanol–water partition coefficient (Wildman–Crippen LogP) is 4.67. The summed E-state index contributed by atoms with van der Waals surface area (Å²) in [5, 5.41) is 6.65. The minimum absolute atomic E-state index is 0.0442. The first kappa shape index (κ1) is 15.9. The number of furan rings is 1. The molecule has 0 amide bonds. The number of methoxy groups -OCH3 is 1. The van der Waals surface area contributed by atoms with Gasteiger partial charge in [0.1, 0.15) is 17.3 Å². The van der Waals surface area contributed by atoms with Crippen molar-refractivity contribution in [3.63, 3.8) is 0 Å². The molecule has 2 atom stereocenters. The van der Waals surface area contributed by atoms with Gasteiger partial charge in [0.25, 0.3) is 0 Å². The number of fused-ring (bicyclic) bond motifs is 3. The Morgan fingerprint density at radius 3 is 2.81 bits per heavy atom. The monoisotopic (exact) mass is 364 g/mol. The molecule has 5 nitrogen and oxygen atoms in total. The van der Waals surface area contributed by atoms with Crippen LogP contribution in [-0.4, -0.2) is 17.8 Å². The highest BCUT2D eigenvalue weighted by atomic mass is 19.1. The molecule has 0 aliphatic carbocycles. The lowest BCUT2D eigenvalue weighted by atomic mass is 9.97. The smallest absolute Gasteiger partial charge is 0.214 e. The van der Waals surface area contributed by atoms with Crippen molar-refractivity contribution in [3.8, 4) is 11.5 Å². The molecule has 3 heterocycles. The molecule has 0 N–H and O–H groups in total. The van der Waals surface area contributed by atoms with Crippen molar-refractivity contribution >= 4 is 5.71 Å². The van der Waals surface area contributed by atoms with Gasteiger partial charge in [0.05, 0.1) is 19.4 Å². The summed E-state index contributed by atoms with van der Waals surface area (Å²) in [6, 6.07) is 15.9. The molecule has 6 heteroatoms. The molecule has 0 fully saturated rings. The number of halogens is 1. The summed E-state index contributed by atoms with van der Waals surface area (Å²) < 4.78 is 31.2. The highest BCUT2D eigenvalue weighted by Crippen LogP contribution is 2.50. The van der Waals surface area contributed by atoms with Crippen LogP contribution in [0.3, 0.4) is 0 Å². The Balaban J connectivity index is 1.64. The molecule has 0 saturated heterocycles. The normalized spacial score (nSPS) is 20.5. The van der Waals surface area contributed by atoms with E-state index < -0.39 is 6.23 Å². The molecule has 136 valence electrons. The largest absolute Gasteiger partial charge is 0.493 e. The topological polar surface area (TPSA) is 47.2 Å². The maximum absolute atomic E-state index is 13.9. The number of hydrogen-bond donors (Lipinski definition) is 0. The van der Waals surface area contributed by atoms with Gasteiger partial charge < -0.3 is 13.9 Å². The average molecular weight is 364 g/mol. The van der Waals surface area contributed by atoms with Crippen molar-refractivity contribution in [2.45, 2.75) is 18.7 Å². The molecular formula is C21H17FN2O3. The van der Waals surface area contributed by atoms with E-state index in [0.29, 0.717) is 23.5 Å². The van der Waals surface area contributed by atoms with Gasteiger partial charge in [-0.05, 0) is 30.3 Å². The van der Waals surface area contributed by atoms with Crippen LogP contribution in [0.5, 0.6) is 11.5 Å². The molecule has 3 aromatic rings. The van der Waals surface area contributed by atoms with Crippen LogP contribution in [0.25, 0.3) is 0 Å². The second-order valence-corrected chi connectivity index (χ2v) is 6.53. The quantitative estimate of drug-likeness (QED) is 0.678. The fourth-order valence-corrected chi connectivity index (χ4v) is 3.72. The summed E-state index contributed by atoms with van der Waals surface area (Å²) in [6.07, 6.45) is 1.75. The van der Waals surface area contributed by atoms with Gasteiger partial charge in [0.15, 0.2) is 11.5 Å². The second-order valence-electron chi connectivity index (χ2n) is 6.53. The third kappa shape index (κ3) is 2.56. The van der Waals surface area contributed by atoms with E-state index in [1.54, 1.807) is 19.4 Å². The third-order valence-electron chi connectivity index (χ3n) is 4.94. The number of benzene rings is 2. The summed E-state index contributed by atoms with van der Waals surface area (Å²) >= 11 is 0. The van der Waals surface area contributed by atoms with Crippen LogP contribution < -0.4 is 9.47 Å². The summed E-state index contributed by atoms with van der Waals surface area (Å²) in [5.74, 6) is 1.74. The zero-order valence-corrected chi connectivity index (χ0v) is 14.6. The molecule has 0 bridgehead atoms.